The molecule has 0 unspecified atom stereocenters. The Labute approximate surface area is 121 Å². The molecule has 2 aromatic rings. The van der Waals surface area contributed by atoms with Gasteiger partial charge in [-0.2, -0.15) is 5.10 Å². The second-order valence-corrected chi connectivity index (χ2v) is 6.01. The molecule has 0 bridgehead atoms. The summed E-state index contributed by atoms with van der Waals surface area (Å²) in [7, 11) is 0. The lowest BCUT2D eigenvalue weighted by Crippen LogP contribution is -2.38. The summed E-state index contributed by atoms with van der Waals surface area (Å²) in [6.07, 6.45) is 3.79. The van der Waals surface area contributed by atoms with E-state index in [1.807, 2.05) is 16.9 Å². The summed E-state index contributed by atoms with van der Waals surface area (Å²) in [4.78, 5) is 0. The molecule has 0 fully saturated rings. The van der Waals surface area contributed by atoms with Crippen LogP contribution in [0.4, 0.5) is 5.69 Å². The van der Waals surface area contributed by atoms with E-state index in [-0.39, 0.29) is 5.54 Å². The Morgan fingerprint density at radius 2 is 2.00 bits per heavy atom. The van der Waals surface area contributed by atoms with E-state index in [1.165, 1.54) is 5.56 Å². The molecule has 1 heterocycles. The maximum Gasteiger partial charge on any atom is 0.0660 e. The maximum atomic E-state index is 4.23. The van der Waals surface area contributed by atoms with Crippen molar-refractivity contribution in [2.45, 2.75) is 32.9 Å². The lowest BCUT2D eigenvalue weighted by atomic mass is 10.1. The fourth-order valence-electron chi connectivity index (χ4n) is 2.01. The van der Waals surface area contributed by atoms with E-state index in [0.29, 0.717) is 0 Å². The minimum absolute atomic E-state index is 0.170. The summed E-state index contributed by atoms with van der Waals surface area (Å²) in [5, 5.41) is 11.1. The van der Waals surface area contributed by atoms with Crippen molar-refractivity contribution in [2.75, 3.05) is 18.4 Å². The molecule has 0 radical (unpaired) electrons. The lowest BCUT2D eigenvalue weighted by Gasteiger charge is -2.20. The van der Waals surface area contributed by atoms with Crippen LogP contribution in [-0.4, -0.2) is 28.4 Å². The second-order valence-electron chi connectivity index (χ2n) is 6.01. The largest absolute Gasteiger partial charge is 0.384 e. The van der Waals surface area contributed by atoms with Gasteiger partial charge in [0.2, 0.25) is 0 Å². The monoisotopic (exact) mass is 272 g/mol. The van der Waals surface area contributed by atoms with Crippen LogP contribution in [0.15, 0.2) is 42.7 Å². The molecule has 0 aliphatic carbocycles. The number of aromatic nitrogens is 2. The number of hydrogen-bond donors (Lipinski definition) is 2. The zero-order chi connectivity index (χ0) is 14.4. The van der Waals surface area contributed by atoms with E-state index < -0.39 is 0 Å². The molecule has 0 aliphatic rings. The third kappa shape index (κ3) is 5.05. The van der Waals surface area contributed by atoms with Crippen molar-refractivity contribution in [3.63, 3.8) is 0 Å². The summed E-state index contributed by atoms with van der Waals surface area (Å²) < 4.78 is 1.93. The Kier molecular flexibility index (Phi) is 4.79. The maximum absolute atomic E-state index is 4.23. The number of nitrogens with one attached hydrogen (secondary N) is 2. The van der Waals surface area contributed by atoms with Crippen LogP contribution in [0.3, 0.4) is 0 Å². The zero-order valence-electron chi connectivity index (χ0n) is 12.6. The van der Waals surface area contributed by atoms with Crippen LogP contribution in [0, 0.1) is 0 Å². The Bertz CT molecular complexity index is 512. The quantitative estimate of drug-likeness (QED) is 0.795. The van der Waals surface area contributed by atoms with Gasteiger partial charge in [0, 0.05) is 36.7 Å². The van der Waals surface area contributed by atoms with E-state index >= 15 is 0 Å². The zero-order valence-corrected chi connectivity index (χ0v) is 12.6. The molecule has 1 aromatic heterocycles. The van der Waals surface area contributed by atoms with Gasteiger partial charge in [0.05, 0.1) is 6.54 Å². The SMILES string of the molecule is CC(C)(C)NCCNc1cccc(Cn2cccn2)c1. The van der Waals surface area contributed by atoms with Crippen molar-refractivity contribution < 1.29 is 0 Å². The molecule has 2 rings (SSSR count). The highest BCUT2D eigenvalue weighted by molar-refractivity contribution is 5.45. The first-order valence-corrected chi connectivity index (χ1v) is 7.08. The van der Waals surface area contributed by atoms with Crippen molar-refractivity contribution in [1.29, 1.82) is 0 Å². The van der Waals surface area contributed by atoms with Gasteiger partial charge in [-0.1, -0.05) is 12.1 Å². The molecule has 2 N–H and O–H groups in total. The molecule has 0 aliphatic heterocycles. The number of benzene rings is 1. The van der Waals surface area contributed by atoms with Gasteiger partial charge in [0.15, 0.2) is 0 Å². The van der Waals surface area contributed by atoms with Crippen LogP contribution >= 0.6 is 0 Å². The molecule has 0 saturated heterocycles. The summed E-state index contributed by atoms with van der Waals surface area (Å²) >= 11 is 0. The standard InChI is InChI=1S/C16H24N4/c1-16(2,3)18-10-9-17-15-7-4-6-14(12-15)13-20-11-5-8-19-20/h4-8,11-12,17-18H,9-10,13H2,1-3H3. The van der Waals surface area contributed by atoms with Crippen LogP contribution in [0.1, 0.15) is 26.3 Å². The molecule has 0 spiro atoms. The third-order valence-corrected chi connectivity index (χ3v) is 2.94. The summed E-state index contributed by atoms with van der Waals surface area (Å²) in [6, 6.07) is 10.4. The molecule has 0 atom stereocenters. The number of nitrogens with zero attached hydrogens (tertiary/aromatic N) is 2. The predicted octanol–water partition coefficient (Wildman–Crippen LogP) is 2.73. The van der Waals surface area contributed by atoms with Gasteiger partial charge in [-0.3, -0.25) is 4.68 Å². The van der Waals surface area contributed by atoms with Crippen LogP contribution < -0.4 is 10.6 Å². The first kappa shape index (κ1) is 14.6. The van der Waals surface area contributed by atoms with Crippen LogP contribution in [-0.2, 0) is 6.54 Å². The fourth-order valence-corrected chi connectivity index (χ4v) is 2.01. The number of hydrogen-bond acceptors (Lipinski definition) is 3. The highest BCUT2D eigenvalue weighted by Gasteiger charge is 2.07. The summed E-state index contributed by atoms with van der Waals surface area (Å²) in [6.45, 7) is 9.21. The molecule has 4 nitrogen and oxygen atoms in total. The molecule has 20 heavy (non-hydrogen) atoms. The molecule has 4 heteroatoms. The van der Waals surface area contributed by atoms with Crippen molar-refractivity contribution in [1.82, 2.24) is 15.1 Å². The smallest absolute Gasteiger partial charge is 0.0660 e. The Morgan fingerprint density at radius 1 is 1.15 bits per heavy atom. The Hall–Kier alpha value is -1.81. The highest BCUT2D eigenvalue weighted by Crippen LogP contribution is 2.11. The van der Waals surface area contributed by atoms with Crippen LogP contribution in [0.5, 0.6) is 0 Å². The minimum atomic E-state index is 0.170. The predicted molar refractivity (Wildman–Crippen MR) is 84.0 cm³/mol. The van der Waals surface area contributed by atoms with Crippen molar-refractivity contribution in [3.05, 3.63) is 48.3 Å². The summed E-state index contributed by atoms with van der Waals surface area (Å²) in [5.41, 5.74) is 2.58. The van der Waals surface area contributed by atoms with E-state index in [0.717, 1.165) is 25.3 Å². The van der Waals surface area contributed by atoms with E-state index in [1.54, 1.807) is 6.20 Å². The molecule has 1 aromatic carbocycles. The first-order valence-electron chi connectivity index (χ1n) is 7.08. The van der Waals surface area contributed by atoms with Gasteiger partial charge in [-0.15, -0.1) is 0 Å². The van der Waals surface area contributed by atoms with Gasteiger partial charge >= 0.3 is 0 Å². The van der Waals surface area contributed by atoms with Crippen molar-refractivity contribution in [3.8, 4) is 0 Å². The average Bonchev–Trinajstić information content (AvgIpc) is 2.87. The average molecular weight is 272 g/mol. The topological polar surface area (TPSA) is 41.9 Å². The van der Waals surface area contributed by atoms with Gasteiger partial charge in [-0.25, -0.2) is 0 Å². The van der Waals surface area contributed by atoms with Crippen molar-refractivity contribution >= 4 is 5.69 Å². The van der Waals surface area contributed by atoms with Gasteiger partial charge in [-0.05, 0) is 44.5 Å². The summed E-state index contributed by atoms with van der Waals surface area (Å²) in [5.74, 6) is 0. The minimum Gasteiger partial charge on any atom is -0.384 e. The Morgan fingerprint density at radius 3 is 2.70 bits per heavy atom. The lowest BCUT2D eigenvalue weighted by molar-refractivity contribution is 0.435. The Balaban J connectivity index is 1.83. The van der Waals surface area contributed by atoms with Gasteiger partial charge in [0.1, 0.15) is 0 Å². The van der Waals surface area contributed by atoms with Gasteiger partial charge < -0.3 is 10.6 Å². The van der Waals surface area contributed by atoms with Crippen LogP contribution in [0.25, 0.3) is 0 Å². The normalized spacial score (nSPS) is 11.6. The molecule has 0 amide bonds. The second kappa shape index (κ2) is 6.57. The highest BCUT2D eigenvalue weighted by atomic mass is 15.3. The van der Waals surface area contributed by atoms with Crippen molar-refractivity contribution in [2.24, 2.45) is 0 Å². The molecular weight excluding hydrogens is 248 g/mol. The molecule has 108 valence electrons. The fraction of sp³-hybridized carbons (Fsp3) is 0.438. The van der Waals surface area contributed by atoms with Gasteiger partial charge in [0.25, 0.3) is 0 Å². The van der Waals surface area contributed by atoms with Crippen LogP contribution in [0.2, 0.25) is 0 Å². The third-order valence-electron chi connectivity index (χ3n) is 2.94. The van der Waals surface area contributed by atoms with E-state index in [2.05, 4.69) is 60.8 Å². The molecular formula is C16H24N4. The first-order chi connectivity index (χ1) is 9.53. The molecule has 0 saturated carbocycles. The van der Waals surface area contributed by atoms with E-state index in [4.69, 9.17) is 0 Å². The number of rotatable bonds is 6. The van der Waals surface area contributed by atoms with E-state index in [9.17, 15) is 0 Å². The number of anilines is 1.